The van der Waals surface area contributed by atoms with Crippen LogP contribution in [0.4, 0.5) is 0 Å². The molecule has 1 aromatic rings. The fourth-order valence-electron chi connectivity index (χ4n) is 1.37. The Labute approximate surface area is 70.2 Å². The summed E-state index contributed by atoms with van der Waals surface area (Å²) in [5.74, 6) is 0.250. The number of benzene rings is 1. The summed E-state index contributed by atoms with van der Waals surface area (Å²) in [5.41, 5.74) is 1.27. The van der Waals surface area contributed by atoms with Crippen LogP contribution >= 0.6 is 0 Å². The topological polar surface area (TPSA) is 37.3 Å². The summed E-state index contributed by atoms with van der Waals surface area (Å²) in [4.78, 5) is 11.3. The lowest BCUT2D eigenvalue weighted by Crippen LogP contribution is -2.03. The van der Waals surface area contributed by atoms with Crippen molar-refractivity contribution in [3.8, 4) is 5.75 Å². The number of Topliss-reactive ketones (excluding diaryl/α,β-unsaturated/α-hetero) is 1. The first-order valence-corrected chi connectivity index (χ1v) is 3.81. The van der Waals surface area contributed by atoms with Crippen LogP contribution in [0.15, 0.2) is 24.3 Å². The van der Waals surface area contributed by atoms with E-state index >= 15 is 0 Å². The third kappa shape index (κ3) is 0.925. The van der Waals surface area contributed by atoms with Gasteiger partial charge in [0.05, 0.1) is 0 Å². The van der Waals surface area contributed by atoms with Crippen molar-refractivity contribution in [3.63, 3.8) is 0 Å². The highest BCUT2D eigenvalue weighted by molar-refractivity contribution is 6.03. The van der Waals surface area contributed by atoms with Gasteiger partial charge >= 0.3 is 0 Å². The number of allylic oxidation sites excluding steroid dienone is 1. The number of carbonyl (C=O) groups excluding carboxylic acids is 1. The van der Waals surface area contributed by atoms with Crippen LogP contribution in [0.25, 0.3) is 6.08 Å². The van der Waals surface area contributed by atoms with E-state index < -0.39 is 0 Å². The molecule has 0 aliphatic heterocycles. The standard InChI is InChI=1S/C10H8O2/c11-9-5-1-3-7-8(9)4-2-6-10(7)12/h1-5,11H,6H2. The molecule has 12 heavy (non-hydrogen) atoms. The molecular formula is C10H8O2. The molecule has 0 atom stereocenters. The first-order chi connectivity index (χ1) is 5.79. The van der Waals surface area contributed by atoms with E-state index in [4.69, 9.17) is 0 Å². The zero-order valence-electron chi connectivity index (χ0n) is 6.45. The van der Waals surface area contributed by atoms with Crippen molar-refractivity contribution in [3.05, 3.63) is 35.4 Å². The minimum absolute atomic E-state index is 0.0726. The molecule has 0 amide bonds. The van der Waals surface area contributed by atoms with Gasteiger partial charge in [-0.05, 0) is 6.07 Å². The molecule has 1 N–H and O–H groups in total. The van der Waals surface area contributed by atoms with Gasteiger partial charge in [0.1, 0.15) is 5.75 Å². The maximum atomic E-state index is 11.3. The number of aromatic hydroxyl groups is 1. The van der Waals surface area contributed by atoms with Crippen LogP contribution in [-0.2, 0) is 0 Å². The fraction of sp³-hybridized carbons (Fsp3) is 0.100. The number of phenolic OH excluding ortho intramolecular Hbond substituents is 1. The molecule has 1 aromatic carbocycles. The zero-order chi connectivity index (χ0) is 8.55. The van der Waals surface area contributed by atoms with Gasteiger partial charge in [-0.3, -0.25) is 4.79 Å². The number of phenols is 1. The van der Waals surface area contributed by atoms with Crippen molar-refractivity contribution in [1.82, 2.24) is 0 Å². The van der Waals surface area contributed by atoms with Crippen LogP contribution in [0.2, 0.25) is 0 Å². The van der Waals surface area contributed by atoms with E-state index in [-0.39, 0.29) is 11.5 Å². The molecule has 0 fully saturated rings. The SMILES string of the molecule is O=C1CC=Cc2c(O)cccc21. The summed E-state index contributed by atoms with van der Waals surface area (Å²) in [6.07, 6.45) is 3.99. The Morgan fingerprint density at radius 2 is 2.17 bits per heavy atom. The normalized spacial score (nSPS) is 14.5. The van der Waals surface area contributed by atoms with Gasteiger partial charge in [0.25, 0.3) is 0 Å². The van der Waals surface area contributed by atoms with E-state index in [0.29, 0.717) is 17.5 Å². The van der Waals surface area contributed by atoms with Crippen molar-refractivity contribution in [2.75, 3.05) is 0 Å². The molecule has 1 aliphatic carbocycles. The Bertz CT molecular complexity index is 364. The molecule has 60 valence electrons. The predicted molar refractivity (Wildman–Crippen MR) is 46.1 cm³/mol. The van der Waals surface area contributed by atoms with Crippen LogP contribution in [0.5, 0.6) is 5.75 Å². The quantitative estimate of drug-likeness (QED) is 0.630. The van der Waals surface area contributed by atoms with Gasteiger partial charge < -0.3 is 5.11 Å². The molecule has 0 unspecified atom stereocenters. The molecule has 0 saturated heterocycles. The average molecular weight is 160 g/mol. The summed E-state index contributed by atoms with van der Waals surface area (Å²) in [5, 5.41) is 9.37. The maximum Gasteiger partial charge on any atom is 0.167 e. The van der Waals surface area contributed by atoms with E-state index in [2.05, 4.69) is 0 Å². The largest absolute Gasteiger partial charge is 0.507 e. The molecule has 1 aliphatic rings. The molecule has 0 heterocycles. The maximum absolute atomic E-state index is 11.3. The highest BCUT2D eigenvalue weighted by Gasteiger charge is 2.14. The second-order valence-corrected chi connectivity index (χ2v) is 2.77. The number of ketones is 1. The summed E-state index contributed by atoms with van der Waals surface area (Å²) in [6.45, 7) is 0. The Morgan fingerprint density at radius 3 is 2.92 bits per heavy atom. The van der Waals surface area contributed by atoms with E-state index in [1.807, 2.05) is 0 Å². The number of carbonyl (C=O) groups is 1. The second-order valence-electron chi connectivity index (χ2n) is 2.77. The molecule has 0 radical (unpaired) electrons. The summed E-state index contributed by atoms with van der Waals surface area (Å²) < 4.78 is 0. The number of fused-ring (bicyclic) bond motifs is 1. The van der Waals surface area contributed by atoms with Crippen LogP contribution < -0.4 is 0 Å². The van der Waals surface area contributed by atoms with Gasteiger partial charge in [-0.2, -0.15) is 0 Å². The lowest BCUT2D eigenvalue weighted by atomic mass is 9.96. The van der Waals surface area contributed by atoms with Gasteiger partial charge in [-0.1, -0.05) is 24.3 Å². The van der Waals surface area contributed by atoms with Crippen LogP contribution in [-0.4, -0.2) is 10.9 Å². The van der Waals surface area contributed by atoms with Crippen LogP contribution in [0.1, 0.15) is 22.3 Å². The van der Waals surface area contributed by atoms with E-state index in [1.54, 1.807) is 30.4 Å². The third-order valence-electron chi connectivity index (χ3n) is 1.97. The van der Waals surface area contributed by atoms with Gasteiger partial charge in [-0.15, -0.1) is 0 Å². The van der Waals surface area contributed by atoms with Gasteiger partial charge in [0.15, 0.2) is 5.78 Å². The minimum Gasteiger partial charge on any atom is -0.507 e. The fourth-order valence-corrected chi connectivity index (χ4v) is 1.37. The van der Waals surface area contributed by atoms with Crippen molar-refractivity contribution in [2.45, 2.75) is 6.42 Å². The molecular weight excluding hydrogens is 152 g/mol. The first kappa shape index (κ1) is 7.10. The number of rotatable bonds is 0. The summed E-state index contributed by atoms with van der Waals surface area (Å²) >= 11 is 0. The average Bonchev–Trinajstić information content (AvgIpc) is 2.07. The molecule has 0 saturated carbocycles. The van der Waals surface area contributed by atoms with Gasteiger partial charge in [-0.25, -0.2) is 0 Å². The zero-order valence-corrected chi connectivity index (χ0v) is 6.45. The Balaban J connectivity index is 2.69. The molecule has 0 aromatic heterocycles. The van der Waals surface area contributed by atoms with E-state index in [9.17, 15) is 9.90 Å². The van der Waals surface area contributed by atoms with Crippen LogP contribution in [0, 0.1) is 0 Å². The monoisotopic (exact) mass is 160 g/mol. The first-order valence-electron chi connectivity index (χ1n) is 3.81. The van der Waals surface area contributed by atoms with Gasteiger partial charge in [0.2, 0.25) is 0 Å². The van der Waals surface area contributed by atoms with E-state index in [0.717, 1.165) is 0 Å². The molecule has 2 rings (SSSR count). The van der Waals surface area contributed by atoms with Crippen molar-refractivity contribution < 1.29 is 9.90 Å². The number of hydrogen-bond donors (Lipinski definition) is 1. The molecule has 0 bridgehead atoms. The smallest absolute Gasteiger partial charge is 0.167 e. The van der Waals surface area contributed by atoms with Crippen molar-refractivity contribution in [2.24, 2.45) is 0 Å². The van der Waals surface area contributed by atoms with Gasteiger partial charge in [0, 0.05) is 17.5 Å². The van der Waals surface area contributed by atoms with Crippen molar-refractivity contribution in [1.29, 1.82) is 0 Å². The van der Waals surface area contributed by atoms with E-state index in [1.165, 1.54) is 0 Å². The lowest BCUT2D eigenvalue weighted by molar-refractivity contribution is 0.0994. The highest BCUT2D eigenvalue weighted by atomic mass is 16.3. The third-order valence-corrected chi connectivity index (χ3v) is 1.97. The van der Waals surface area contributed by atoms with Crippen molar-refractivity contribution >= 4 is 11.9 Å². The molecule has 0 spiro atoms. The second kappa shape index (κ2) is 2.48. The summed E-state index contributed by atoms with van der Waals surface area (Å²) in [6, 6.07) is 5.01. The minimum atomic E-state index is 0.0726. The Morgan fingerprint density at radius 1 is 1.33 bits per heavy atom. The highest BCUT2D eigenvalue weighted by Crippen LogP contribution is 2.26. The van der Waals surface area contributed by atoms with Crippen LogP contribution in [0.3, 0.4) is 0 Å². The molecule has 2 nitrogen and oxygen atoms in total. The molecule has 2 heteroatoms. The lowest BCUT2D eigenvalue weighted by Gasteiger charge is -2.09. The Kier molecular flexibility index (Phi) is 1.47. The Hall–Kier alpha value is -1.57. The summed E-state index contributed by atoms with van der Waals surface area (Å²) in [7, 11) is 0. The predicted octanol–water partition coefficient (Wildman–Crippen LogP) is 1.99. The number of hydrogen-bond acceptors (Lipinski definition) is 2.